The van der Waals surface area contributed by atoms with Crippen molar-refractivity contribution in [1.29, 1.82) is 0 Å². The normalized spacial score (nSPS) is 20.6. The number of alkyl halides is 2. The van der Waals surface area contributed by atoms with Crippen LogP contribution in [0.3, 0.4) is 0 Å². The maximum absolute atomic E-state index is 14.7. The summed E-state index contributed by atoms with van der Waals surface area (Å²) in [5.74, 6) is 0. The van der Waals surface area contributed by atoms with Crippen LogP contribution in [-0.2, 0) is 13.6 Å². The molecule has 7 heteroatoms. The van der Waals surface area contributed by atoms with Crippen molar-refractivity contribution in [2.45, 2.75) is 83.3 Å². The number of aliphatic hydroxyl groups is 1. The molecule has 4 nitrogen and oxygen atoms in total. The van der Waals surface area contributed by atoms with Gasteiger partial charge in [0.15, 0.2) is 0 Å². The summed E-state index contributed by atoms with van der Waals surface area (Å²) in [6, 6.07) is 0. The Morgan fingerprint density at radius 1 is 1.05 bits per heavy atom. The average Bonchev–Trinajstić information content (AvgIpc) is 2.27. The summed E-state index contributed by atoms with van der Waals surface area (Å²) in [4.78, 5) is 0. The first-order valence-electron chi connectivity index (χ1n) is 7.11. The molecule has 0 aromatic rings. The second-order valence-electron chi connectivity index (χ2n) is 5.94. The fourth-order valence-corrected chi connectivity index (χ4v) is 4.56. The molecule has 0 aromatic heterocycles. The Labute approximate surface area is 119 Å². The lowest BCUT2D eigenvalue weighted by Crippen LogP contribution is -2.50. The summed E-state index contributed by atoms with van der Waals surface area (Å²) in [6.07, 6.45) is 0.207. The van der Waals surface area contributed by atoms with Gasteiger partial charge in [-0.1, -0.05) is 19.3 Å². The number of hydrogen-bond acceptors (Lipinski definition) is 4. The minimum absolute atomic E-state index is 0.0904. The Bertz CT molecular complexity index is 351. The molecular formula is C13H25F2O4P. The van der Waals surface area contributed by atoms with E-state index in [4.69, 9.17) is 9.05 Å². The summed E-state index contributed by atoms with van der Waals surface area (Å²) in [6.45, 7) is 6.04. The van der Waals surface area contributed by atoms with Crippen molar-refractivity contribution in [2.75, 3.05) is 0 Å². The lowest BCUT2D eigenvalue weighted by atomic mass is 9.85. The Morgan fingerprint density at radius 2 is 1.45 bits per heavy atom. The van der Waals surface area contributed by atoms with E-state index in [0.717, 1.165) is 6.42 Å². The third-order valence-corrected chi connectivity index (χ3v) is 5.79. The fraction of sp³-hybridized carbons (Fsp3) is 1.00. The van der Waals surface area contributed by atoms with Crippen LogP contribution in [0, 0.1) is 0 Å². The minimum Gasteiger partial charge on any atom is -0.383 e. The van der Waals surface area contributed by atoms with E-state index in [1.54, 1.807) is 0 Å². The van der Waals surface area contributed by atoms with Gasteiger partial charge in [-0.05, 0) is 40.5 Å². The van der Waals surface area contributed by atoms with E-state index in [1.165, 1.54) is 27.7 Å². The summed E-state index contributed by atoms with van der Waals surface area (Å²) in [5.41, 5.74) is -6.22. The van der Waals surface area contributed by atoms with Crippen LogP contribution in [0.25, 0.3) is 0 Å². The Hall–Kier alpha value is -0.0300. The fourth-order valence-electron chi connectivity index (χ4n) is 2.40. The van der Waals surface area contributed by atoms with Gasteiger partial charge < -0.3 is 14.2 Å². The van der Waals surface area contributed by atoms with Gasteiger partial charge >= 0.3 is 13.3 Å². The van der Waals surface area contributed by atoms with Gasteiger partial charge in [0, 0.05) is 0 Å². The van der Waals surface area contributed by atoms with Gasteiger partial charge in [-0.15, -0.1) is 0 Å². The molecule has 1 N–H and O–H groups in total. The lowest BCUT2D eigenvalue weighted by Gasteiger charge is -2.41. The van der Waals surface area contributed by atoms with E-state index in [9.17, 15) is 18.5 Å². The number of rotatable bonds is 6. The molecule has 0 unspecified atom stereocenters. The Morgan fingerprint density at radius 3 is 1.80 bits per heavy atom. The van der Waals surface area contributed by atoms with Crippen molar-refractivity contribution in [2.24, 2.45) is 0 Å². The van der Waals surface area contributed by atoms with Crippen molar-refractivity contribution in [3.05, 3.63) is 0 Å². The van der Waals surface area contributed by atoms with E-state index in [1.807, 2.05) is 0 Å². The molecule has 0 bridgehead atoms. The standard InChI is InChI=1S/C13H25F2O4P/c1-10(2)18-20(17,19-11(3)4)13(14,15)12(16)8-6-5-7-9-12/h10-11,16H,5-9H2,1-4H3. The Balaban J connectivity index is 3.12. The van der Waals surface area contributed by atoms with Gasteiger partial charge in [-0.3, -0.25) is 4.57 Å². The highest BCUT2D eigenvalue weighted by molar-refractivity contribution is 7.55. The lowest BCUT2D eigenvalue weighted by molar-refractivity contribution is -0.160. The number of hydrogen-bond donors (Lipinski definition) is 1. The third-order valence-electron chi connectivity index (χ3n) is 3.28. The van der Waals surface area contributed by atoms with Crippen LogP contribution in [0.4, 0.5) is 8.78 Å². The molecule has 1 aliphatic rings. The van der Waals surface area contributed by atoms with Crippen LogP contribution in [0.5, 0.6) is 0 Å². The molecule has 0 spiro atoms. The largest absolute Gasteiger partial charge is 0.403 e. The first-order chi connectivity index (χ1) is 9.04. The van der Waals surface area contributed by atoms with Crippen molar-refractivity contribution in [3.63, 3.8) is 0 Å². The van der Waals surface area contributed by atoms with Gasteiger partial charge in [0.2, 0.25) is 0 Å². The molecule has 0 aliphatic heterocycles. The summed E-state index contributed by atoms with van der Waals surface area (Å²) in [7, 11) is -4.75. The molecule has 1 fully saturated rings. The van der Waals surface area contributed by atoms with Crippen LogP contribution in [0.2, 0.25) is 0 Å². The highest BCUT2D eigenvalue weighted by Gasteiger charge is 2.67. The van der Waals surface area contributed by atoms with Gasteiger partial charge in [-0.25, -0.2) is 0 Å². The van der Waals surface area contributed by atoms with E-state index in [-0.39, 0.29) is 12.8 Å². The maximum Gasteiger partial charge on any atom is 0.403 e. The van der Waals surface area contributed by atoms with Gasteiger partial charge in [-0.2, -0.15) is 8.78 Å². The molecule has 0 radical (unpaired) electrons. The van der Waals surface area contributed by atoms with Crippen LogP contribution < -0.4 is 0 Å². The van der Waals surface area contributed by atoms with Crippen molar-refractivity contribution >= 4 is 7.60 Å². The molecule has 0 amide bonds. The van der Waals surface area contributed by atoms with E-state index in [2.05, 4.69) is 0 Å². The number of halogens is 2. The predicted octanol–water partition coefficient (Wildman–Crippen LogP) is 4.32. The smallest absolute Gasteiger partial charge is 0.383 e. The van der Waals surface area contributed by atoms with E-state index >= 15 is 0 Å². The van der Waals surface area contributed by atoms with Crippen molar-refractivity contribution < 1.29 is 27.5 Å². The molecule has 120 valence electrons. The molecule has 0 aromatic carbocycles. The Kier molecular flexibility index (Phi) is 5.75. The second kappa shape index (κ2) is 6.39. The zero-order chi connectivity index (χ0) is 15.6. The highest BCUT2D eigenvalue weighted by Crippen LogP contribution is 2.68. The molecular weight excluding hydrogens is 289 g/mol. The van der Waals surface area contributed by atoms with Crippen LogP contribution >= 0.6 is 7.60 Å². The van der Waals surface area contributed by atoms with E-state index in [0.29, 0.717) is 12.8 Å². The van der Waals surface area contributed by atoms with Gasteiger partial charge in [0.05, 0.1) is 12.2 Å². The maximum atomic E-state index is 14.7. The molecule has 1 saturated carbocycles. The topological polar surface area (TPSA) is 55.8 Å². The third kappa shape index (κ3) is 3.59. The zero-order valence-corrected chi connectivity index (χ0v) is 13.5. The molecule has 20 heavy (non-hydrogen) atoms. The van der Waals surface area contributed by atoms with Crippen LogP contribution in [-0.4, -0.2) is 28.6 Å². The molecule has 0 heterocycles. The first-order valence-corrected chi connectivity index (χ1v) is 8.65. The predicted molar refractivity (Wildman–Crippen MR) is 73.0 cm³/mol. The SMILES string of the molecule is CC(C)OP(=O)(OC(C)C)C(F)(F)C1(O)CCCCC1. The zero-order valence-electron chi connectivity index (χ0n) is 12.6. The van der Waals surface area contributed by atoms with Crippen molar-refractivity contribution in [3.8, 4) is 0 Å². The van der Waals surface area contributed by atoms with E-state index < -0.39 is 31.1 Å². The molecule has 0 atom stereocenters. The second-order valence-corrected chi connectivity index (χ2v) is 7.92. The first kappa shape index (κ1) is 18.0. The van der Waals surface area contributed by atoms with Gasteiger partial charge in [0.1, 0.15) is 5.60 Å². The summed E-state index contributed by atoms with van der Waals surface area (Å²) in [5, 5.41) is 10.3. The molecule has 1 aliphatic carbocycles. The molecule has 1 rings (SSSR count). The van der Waals surface area contributed by atoms with Gasteiger partial charge in [0.25, 0.3) is 0 Å². The molecule has 0 saturated heterocycles. The quantitative estimate of drug-likeness (QED) is 0.742. The summed E-state index contributed by atoms with van der Waals surface area (Å²) >= 11 is 0. The average molecular weight is 314 g/mol. The monoisotopic (exact) mass is 314 g/mol. The van der Waals surface area contributed by atoms with Crippen molar-refractivity contribution in [1.82, 2.24) is 0 Å². The summed E-state index contributed by atoms with van der Waals surface area (Å²) < 4.78 is 51.9. The van der Waals surface area contributed by atoms with Crippen LogP contribution in [0.15, 0.2) is 0 Å². The highest BCUT2D eigenvalue weighted by atomic mass is 31.2. The minimum atomic E-state index is -4.75. The van der Waals surface area contributed by atoms with Crippen LogP contribution in [0.1, 0.15) is 59.8 Å².